The van der Waals surface area contributed by atoms with Crippen molar-refractivity contribution in [3.63, 3.8) is 0 Å². The molecule has 2 atom stereocenters. The predicted octanol–water partition coefficient (Wildman–Crippen LogP) is 2.78. The van der Waals surface area contributed by atoms with Crippen LogP contribution >= 0.6 is 0 Å². The number of carbonyl (C=O) groups is 1. The van der Waals surface area contributed by atoms with Crippen molar-refractivity contribution in [3.05, 3.63) is 5.82 Å². The molecule has 2 fully saturated rings. The Balaban J connectivity index is 1.90. The van der Waals surface area contributed by atoms with Crippen LogP contribution in [0.15, 0.2) is 0 Å². The Kier molecular flexibility index (Phi) is 3.71. The average molecular weight is 292 g/mol. The monoisotopic (exact) mass is 292 g/mol. The molecule has 6 heteroatoms. The van der Waals surface area contributed by atoms with Gasteiger partial charge in [0.25, 0.3) is 0 Å². The van der Waals surface area contributed by atoms with E-state index in [4.69, 9.17) is 0 Å². The van der Waals surface area contributed by atoms with E-state index < -0.39 is 5.97 Å². The summed E-state index contributed by atoms with van der Waals surface area (Å²) in [7, 11) is 0. The Bertz CT molecular complexity index is 521. The first-order valence-corrected chi connectivity index (χ1v) is 7.98. The van der Waals surface area contributed by atoms with Crippen molar-refractivity contribution in [3.8, 4) is 0 Å². The van der Waals surface area contributed by atoms with Crippen LogP contribution in [0.5, 0.6) is 0 Å². The lowest BCUT2D eigenvalue weighted by Crippen LogP contribution is -2.30. The van der Waals surface area contributed by atoms with E-state index in [1.54, 1.807) is 0 Å². The number of aromatic nitrogens is 4. The lowest BCUT2D eigenvalue weighted by atomic mass is 9.68. The third kappa shape index (κ3) is 2.94. The van der Waals surface area contributed by atoms with Crippen LogP contribution in [0.3, 0.4) is 0 Å². The molecule has 2 saturated carbocycles. The second-order valence-corrected chi connectivity index (χ2v) is 7.27. The molecule has 0 radical (unpaired) electrons. The Hall–Kier alpha value is -1.46. The topological polar surface area (TPSA) is 80.9 Å². The maximum atomic E-state index is 11.2. The van der Waals surface area contributed by atoms with E-state index >= 15 is 0 Å². The normalized spacial score (nSPS) is 26.5. The maximum Gasteiger partial charge on any atom is 0.305 e. The third-order valence-electron chi connectivity index (χ3n) is 5.20. The number of hydrogen-bond acceptors (Lipinski definition) is 4. The maximum absolute atomic E-state index is 11.2. The van der Waals surface area contributed by atoms with Gasteiger partial charge in [-0.1, -0.05) is 26.7 Å². The van der Waals surface area contributed by atoms with E-state index in [0.29, 0.717) is 11.8 Å². The number of carboxylic acid groups (broad SMARTS) is 1. The van der Waals surface area contributed by atoms with Gasteiger partial charge in [-0.25, -0.2) is 4.68 Å². The van der Waals surface area contributed by atoms with Crippen LogP contribution in [0.4, 0.5) is 0 Å². The highest BCUT2D eigenvalue weighted by atomic mass is 16.4. The van der Waals surface area contributed by atoms with Gasteiger partial charge in [0.15, 0.2) is 5.82 Å². The Morgan fingerprint density at radius 3 is 2.76 bits per heavy atom. The summed E-state index contributed by atoms with van der Waals surface area (Å²) in [6.07, 6.45) is 7.03. The highest BCUT2D eigenvalue weighted by Gasteiger charge is 2.41. The minimum atomic E-state index is -0.767. The lowest BCUT2D eigenvalue weighted by molar-refractivity contribution is -0.138. The number of rotatable bonds is 5. The van der Waals surface area contributed by atoms with Crippen molar-refractivity contribution in [2.24, 2.45) is 11.3 Å². The second-order valence-electron chi connectivity index (χ2n) is 7.27. The standard InChI is InChI=1S/C15H24N4O2/c1-15(2)8-4-3-5-11(15)14-16-17-18-19(14)12(9-13(20)21)10-6-7-10/h10-12H,3-9H2,1-2H3,(H,20,21). The minimum Gasteiger partial charge on any atom is -0.481 e. The van der Waals surface area contributed by atoms with Gasteiger partial charge in [-0.2, -0.15) is 0 Å². The highest BCUT2D eigenvalue weighted by Crippen LogP contribution is 2.48. The molecule has 0 bridgehead atoms. The van der Waals surface area contributed by atoms with Crippen molar-refractivity contribution in [1.82, 2.24) is 20.2 Å². The van der Waals surface area contributed by atoms with Gasteiger partial charge in [-0.05, 0) is 47.4 Å². The molecule has 116 valence electrons. The molecule has 0 spiro atoms. The smallest absolute Gasteiger partial charge is 0.305 e. The van der Waals surface area contributed by atoms with Crippen LogP contribution in [0.25, 0.3) is 0 Å². The fourth-order valence-corrected chi connectivity index (χ4v) is 3.75. The van der Waals surface area contributed by atoms with Crippen LogP contribution in [-0.4, -0.2) is 31.3 Å². The molecule has 21 heavy (non-hydrogen) atoms. The van der Waals surface area contributed by atoms with Crippen LogP contribution in [0, 0.1) is 11.3 Å². The molecule has 0 aliphatic heterocycles. The van der Waals surface area contributed by atoms with E-state index in [2.05, 4.69) is 29.4 Å². The van der Waals surface area contributed by atoms with Crippen molar-refractivity contribution in [2.75, 3.05) is 0 Å². The van der Waals surface area contributed by atoms with Gasteiger partial charge in [-0.15, -0.1) is 5.10 Å². The quantitative estimate of drug-likeness (QED) is 0.902. The van der Waals surface area contributed by atoms with Gasteiger partial charge >= 0.3 is 5.97 Å². The van der Waals surface area contributed by atoms with Gasteiger partial charge in [-0.3, -0.25) is 4.79 Å². The lowest BCUT2D eigenvalue weighted by Gasteiger charge is -2.38. The van der Waals surface area contributed by atoms with Gasteiger partial charge in [0, 0.05) is 5.92 Å². The zero-order chi connectivity index (χ0) is 15.0. The molecule has 6 nitrogen and oxygen atoms in total. The summed E-state index contributed by atoms with van der Waals surface area (Å²) in [5, 5.41) is 21.5. The van der Waals surface area contributed by atoms with Gasteiger partial charge < -0.3 is 5.11 Å². The molecule has 2 aliphatic carbocycles. The summed E-state index contributed by atoms with van der Waals surface area (Å²) in [6, 6.07) is -0.0785. The summed E-state index contributed by atoms with van der Waals surface area (Å²) in [6.45, 7) is 4.55. The van der Waals surface area contributed by atoms with Crippen molar-refractivity contribution >= 4 is 5.97 Å². The van der Waals surface area contributed by atoms with Gasteiger partial charge in [0.05, 0.1) is 12.5 Å². The molecule has 1 aromatic heterocycles. The first-order chi connectivity index (χ1) is 9.99. The Labute approximate surface area is 124 Å². The summed E-state index contributed by atoms with van der Waals surface area (Å²) < 4.78 is 1.84. The molecule has 1 N–H and O–H groups in total. The molecule has 0 aromatic carbocycles. The van der Waals surface area contributed by atoms with Crippen LogP contribution in [0.2, 0.25) is 0 Å². The molecule has 0 amide bonds. The number of tetrazole rings is 1. The molecule has 1 heterocycles. The van der Waals surface area contributed by atoms with Crippen LogP contribution in [-0.2, 0) is 4.79 Å². The van der Waals surface area contributed by atoms with Crippen molar-refractivity contribution in [2.45, 2.75) is 70.8 Å². The molecule has 0 saturated heterocycles. The van der Waals surface area contributed by atoms with Crippen LogP contribution < -0.4 is 0 Å². The summed E-state index contributed by atoms with van der Waals surface area (Å²) >= 11 is 0. The average Bonchev–Trinajstić information content (AvgIpc) is 3.14. The highest BCUT2D eigenvalue weighted by molar-refractivity contribution is 5.67. The fraction of sp³-hybridized carbons (Fsp3) is 0.867. The van der Waals surface area contributed by atoms with E-state index in [0.717, 1.165) is 25.1 Å². The number of aliphatic carboxylic acids is 1. The minimum absolute atomic E-state index is 0.0785. The summed E-state index contributed by atoms with van der Waals surface area (Å²) in [5.74, 6) is 0.889. The largest absolute Gasteiger partial charge is 0.481 e. The molecular formula is C15H24N4O2. The van der Waals surface area contributed by atoms with E-state index in [9.17, 15) is 9.90 Å². The van der Waals surface area contributed by atoms with Gasteiger partial charge in [0.1, 0.15) is 0 Å². The Morgan fingerprint density at radius 1 is 1.38 bits per heavy atom. The summed E-state index contributed by atoms with van der Waals surface area (Å²) in [5.41, 5.74) is 0.183. The first-order valence-electron chi connectivity index (χ1n) is 7.98. The predicted molar refractivity (Wildman–Crippen MR) is 76.8 cm³/mol. The molecule has 2 aliphatic rings. The van der Waals surface area contributed by atoms with Crippen LogP contribution in [0.1, 0.15) is 76.6 Å². The summed E-state index contributed by atoms with van der Waals surface area (Å²) in [4.78, 5) is 11.2. The number of hydrogen-bond donors (Lipinski definition) is 1. The first kappa shape index (κ1) is 14.5. The molecule has 3 rings (SSSR count). The molecular weight excluding hydrogens is 268 g/mol. The zero-order valence-electron chi connectivity index (χ0n) is 12.8. The number of carboxylic acids is 1. The SMILES string of the molecule is CC1(C)CCCCC1c1nnnn1C(CC(=O)O)C1CC1. The zero-order valence-corrected chi connectivity index (χ0v) is 12.8. The van der Waals surface area contributed by atoms with E-state index in [1.165, 1.54) is 19.3 Å². The van der Waals surface area contributed by atoms with Crippen molar-refractivity contribution in [1.29, 1.82) is 0 Å². The van der Waals surface area contributed by atoms with Gasteiger partial charge in [0.2, 0.25) is 0 Å². The Morgan fingerprint density at radius 2 is 2.14 bits per heavy atom. The van der Waals surface area contributed by atoms with E-state index in [-0.39, 0.29) is 17.9 Å². The second kappa shape index (κ2) is 5.39. The molecule has 1 aromatic rings. The van der Waals surface area contributed by atoms with Crippen molar-refractivity contribution < 1.29 is 9.90 Å². The molecule has 2 unspecified atom stereocenters. The van der Waals surface area contributed by atoms with E-state index in [1.807, 2.05) is 4.68 Å². The number of nitrogens with zero attached hydrogens (tertiary/aromatic N) is 4. The fourth-order valence-electron chi connectivity index (χ4n) is 3.75. The third-order valence-corrected chi connectivity index (χ3v) is 5.20.